The molecule has 1 N–H and O–H groups in total. The van der Waals surface area contributed by atoms with Crippen LogP contribution in [0, 0.1) is 0 Å². The second-order valence-corrected chi connectivity index (χ2v) is 5.37. The van der Waals surface area contributed by atoms with E-state index >= 15 is 0 Å². The highest BCUT2D eigenvalue weighted by Gasteiger charge is 2.03. The van der Waals surface area contributed by atoms with E-state index in [2.05, 4.69) is 36.2 Å². The van der Waals surface area contributed by atoms with Crippen LogP contribution in [0.2, 0.25) is 10.6 Å². The standard InChI is InChI=1S/C8H5BrCl2N4S/c9-4-1-5(16-3-4)2-12-8-14-6(10)13-7(11)15-8/h1,3H,2H2,(H,12,13,14,15). The van der Waals surface area contributed by atoms with Crippen molar-refractivity contribution < 1.29 is 0 Å². The topological polar surface area (TPSA) is 50.7 Å². The molecular formula is C8H5BrCl2N4S. The van der Waals surface area contributed by atoms with Crippen LogP contribution in [0.15, 0.2) is 15.9 Å². The molecule has 2 aromatic heterocycles. The minimum Gasteiger partial charge on any atom is -0.349 e. The van der Waals surface area contributed by atoms with Crippen molar-refractivity contribution in [3.8, 4) is 0 Å². The van der Waals surface area contributed by atoms with E-state index in [1.807, 2.05) is 11.4 Å². The van der Waals surface area contributed by atoms with E-state index in [1.165, 1.54) is 0 Å². The molecule has 2 heterocycles. The van der Waals surface area contributed by atoms with Crippen molar-refractivity contribution in [2.75, 3.05) is 5.32 Å². The normalized spacial score (nSPS) is 10.4. The quantitative estimate of drug-likeness (QED) is 0.927. The van der Waals surface area contributed by atoms with Gasteiger partial charge in [0.15, 0.2) is 0 Å². The first-order chi connectivity index (χ1) is 7.63. The van der Waals surface area contributed by atoms with E-state index in [0.717, 1.165) is 9.35 Å². The Morgan fingerprint density at radius 3 is 2.50 bits per heavy atom. The summed E-state index contributed by atoms with van der Waals surface area (Å²) >= 11 is 16.3. The number of hydrogen-bond acceptors (Lipinski definition) is 5. The second kappa shape index (κ2) is 5.27. The first kappa shape index (κ1) is 12.0. The lowest BCUT2D eigenvalue weighted by Crippen LogP contribution is -2.03. The predicted molar refractivity (Wildman–Crippen MR) is 69.2 cm³/mol. The van der Waals surface area contributed by atoms with Gasteiger partial charge in [-0.1, -0.05) is 0 Å². The van der Waals surface area contributed by atoms with Gasteiger partial charge in [0.05, 0.1) is 6.54 Å². The fourth-order valence-corrected chi connectivity index (χ4v) is 2.77. The van der Waals surface area contributed by atoms with Crippen molar-refractivity contribution in [2.24, 2.45) is 0 Å². The van der Waals surface area contributed by atoms with Crippen molar-refractivity contribution in [3.05, 3.63) is 31.4 Å². The van der Waals surface area contributed by atoms with Crippen molar-refractivity contribution in [1.29, 1.82) is 0 Å². The van der Waals surface area contributed by atoms with Crippen LogP contribution in [-0.4, -0.2) is 15.0 Å². The molecule has 4 nitrogen and oxygen atoms in total. The largest absolute Gasteiger partial charge is 0.349 e. The fraction of sp³-hybridized carbons (Fsp3) is 0.125. The number of nitrogens with zero attached hydrogens (tertiary/aromatic N) is 3. The molecule has 0 unspecified atom stereocenters. The third kappa shape index (κ3) is 3.28. The molecule has 0 aliphatic rings. The average Bonchev–Trinajstić information content (AvgIpc) is 2.60. The number of aromatic nitrogens is 3. The number of anilines is 1. The number of rotatable bonds is 3. The molecule has 16 heavy (non-hydrogen) atoms. The van der Waals surface area contributed by atoms with E-state index in [4.69, 9.17) is 23.2 Å². The minimum atomic E-state index is 0.0786. The number of hydrogen-bond donors (Lipinski definition) is 1. The van der Waals surface area contributed by atoms with Crippen molar-refractivity contribution in [1.82, 2.24) is 15.0 Å². The van der Waals surface area contributed by atoms with Crippen LogP contribution in [0.3, 0.4) is 0 Å². The van der Waals surface area contributed by atoms with Gasteiger partial charge in [-0.15, -0.1) is 11.3 Å². The summed E-state index contributed by atoms with van der Waals surface area (Å²) in [5, 5.41) is 5.18. The Morgan fingerprint density at radius 1 is 1.25 bits per heavy atom. The van der Waals surface area contributed by atoms with Crippen LogP contribution in [0.25, 0.3) is 0 Å². The van der Waals surface area contributed by atoms with Gasteiger partial charge in [0.25, 0.3) is 0 Å². The van der Waals surface area contributed by atoms with Gasteiger partial charge in [-0.2, -0.15) is 15.0 Å². The number of thiophene rings is 1. The zero-order chi connectivity index (χ0) is 11.5. The van der Waals surface area contributed by atoms with Crippen LogP contribution in [0.5, 0.6) is 0 Å². The molecule has 2 aromatic rings. The Hall–Kier alpha value is -0.430. The molecule has 0 radical (unpaired) electrons. The highest BCUT2D eigenvalue weighted by Crippen LogP contribution is 2.20. The summed E-state index contributed by atoms with van der Waals surface area (Å²) in [5.41, 5.74) is 0. The summed E-state index contributed by atoms with van der Waals surface area (Å²) in [5.74, 6) is 0.370. The maximum absolute atomic E-state index is 5.64. The summed E-state index contributed by atoms with van der Waals surface area (Å²) in [6.45, 7) is 0.618. The molecule has 0 saturated carbocycles. The lowest BCUT2D eigenvalue weighted by molar-refractivity contribution is 1.01. The smallest absolute Gasteiger partial charge is 0.228 e. The van der Waals surface area contributed by atoms with Crippen LogP contribution >= 0.6 is 50.5 Å². The zero-order valence-corrected chi connectivity index (χ0v) is 11.7. The highest BCUT2D eigenvalue weighted by molar-refractivity contribution is 9.10. The van der Waals surface area contributed by atoms with Gasteiger partial charge in [0.1, 0.15) is 0 Å². The lowest BCUT2D eigenvalue weighted by Gasteiger charge is -2.02. The molecule has 8 heteroatoms. The van der Waals surface area contributed by atoms with Crippen molar-refractivity contribution in [3.63, 3.8) is 0 Å². The molecule has 0 aliphatic carbocycles. The lowest BCUT2D eigenvalue weighted by atomic mass is 10.5. The monoisotopic (exact) mass is 338 g/mol. The number of halogens is 3. The van der Waals surface area contributed by atoms with Gasteiger partial charge >= 0.3 is 0 Å². The van der Waals surface area contributed by atoms with Gasteiger partial charge < -0.3 is 5.32 Å². The molecule has 2 rings (SSSR count). The van der Waals surface area contributed by atoms with Crippen LogP contribution < -0.4 is 5.32 Å². The van der Waals surface area contributed by atoms with Crippen LogP contribution in [0.4, 0.5) is 5.95 Å². The predicted octanol–water partition coefficient (Wildman–Crippen LogP) is 3.61. The molecule has 84 valence electrons. The fourth-order valence-electron chi connectivity index (χ4n) is 1.02. The molecule has 0 amide bonds. The van der Waals surface area contributed by atoms with Crippen LogP contribution in [0.1, 0.15) is 4.88 Å². The Labute approximate surface area is 114 Å². The van der Waals surface area contributed by atoms with Gasteiger partial charge in [-0.25, -0.2) is 0 Å². The third-order valence-electron chi connectivity index (χ3n) is 1.62. The Bertz CT molecular complexity index is 484. The van der Waals surface area contributed by atoms with Crippen molar-refractivity contribution in [2.45, 2.75) is 6.54 Å². The number of nitrogens with one attached hydrogen (secondary N) is 1. The Kier molecular flexibility index (Phi) is 3.96. The maximum atomic E-state index is 5.64. The van der Waals surface area contributed by atoms with Gasteiger partial charge in [0.2, 0.25) is 16.5 Å². The molecule has 0 aromatic carbocycles. The molecule has 0 saturated heterocycles. The van der Waals surface area contributed by atoms with E-state index in [-0.39, 0.29) is 10.6 Å². The summed E-state index contributed by atoms with van der Waals surface area (Å²) in [4.78, 5) is 12.6. The van der Waals surface area contributed by atoms with E-state index < -0.39 is 0 Å². The van der Waals surface area contributed by atoms with Gasteiger partial charge in [0, 0.05) is 14.7 Å². The molecule has 0 bridgehead atoms. The van der Waals surface area contributed by atoms with Crippen LogP contribution in [-0.2, 0) is 6.54 Å². The Morgan fingerprint density at radius 2 is 1.94 bits per heavy atom. The van der Waals surface area contributed by atoms with Gasteiger partial charge in [-0.05, 0) is 45.2 Å². The third-order valence-corrected chi connectivity index (χ3v) is 3.66. The van der Waals surface area contributed by atoms with E-state index in [1.54, 1.807) is 11.3 Å². The molecule has 0 atom stereocenters. The van der Waals surface area contributed by atoms with Crippen molar-refractivity contribution >= 4 is 56.4 Å². The summed E-state index contributed by atoms with van der Waals surface area (Å²) < 4.78 is 1.06. The molecule has 0 aliphatic heterocycles. The molecule has 0 spiro atoms. The first-order valence-electron chi connectivity index (χ1n) is 4.17. The molecular weight excluding hydrogens is 335 g/mol. The summed E-state index contributed by atoms with van der Waals surface area (Å²) in [6, 6.07) is 2.02. The van der Waals surface area contributed by atoms with Gasteiger partial charge in [-0.3, -0.25) is 0 Å². The van der Waals surface area contributed by atoms with E-state index in [9.17, 15) is 0 Å². The summed E-state index contributed by atoms with van der Waals surface area (Å²) in [7, 11) is 0. The average molecular weight is 340 g/mol. The Balaban J connectivity index is 2.04. The first-order valence-corrected chi connectivity index (χ1v) is 6.60. The molecule has 0 fully saturated rings. The maximum Gasteiger partial charge on any atom is 0.228 e. The zero-order valence-electron chi connectivity index (χ0n) is 7.75. The minimum absolute atomic E-state index is 0.0786. The SMILES string of the molecule is Clc1nc(Cl)nc(NCc2cc(Br)cs2)n1. The highest BCUT2D eigenvalue weighted by atomic mass is 79.9. The summed E-state index contributed by atoms with van der Waals surface area (Å²) in [6.07, 6.45) is 0. The van der Waals surface area contributed by atoms with E-state index in [0.29, 0.717) is 12.5 Å². The second-order valence-electron chi connectivity index (χ2n) is 2.78.